The highest BCUT2D eigenvalue weighted by molar-refractivity contribution is 7.52. The highest BCUT2D eigenvalue weighted by Gasteiger charge is 2.51. The van der Waals surface area contributed by atoms with Gasteiger partial charge in [0.15, 0.2) is 0 Å². The molecule has 3 aromatic carbocycles. The van der Waals surface area contributed by atoms with Crippen LogP contribution >= 0.6 is 18.9 Å². The number of hydrogen-bond donors (Lipinski definition) is 8. The Balaban J connectivity index is 0.864. The molecule has 5 aliphatic heterocycles. The molecule has 0 radical (unpaired) electrons. The quantitative estimate of drug-likeness (QED) is 0.0301. The number of hydrogen-bond acceptors (Lipinski definition) is 15. The van der Waals surface area contributed by atoms with E-state index in [0.29, 0.717) is 82.0 Å². The van der Waals surface area contributed by atoms with Crippen LogP contribution in [0.15, 0.2) is 66.7 Å². The van der Waals surface area contributed by atoms with E-state index in [0.717, 1.165) is 52.3 Å². The first-order valence-corrected chi connectivity index (χ1v) is 33.0. The van der Waals surface area contributed by atoms with Crippen LogP contribution in [0, 0.1) is 0 Å². The first kappa shape index (κ1) is 67.1. The number of piperidine rings is 1. The van der Waals surface area contributed by atoms with Crippen molar-refractivity contribution in [1.29, 1.82) is 0 Å². The van der Waals surface area contributed by atoms with Crippen molar-refractivity contribution in [1.82, 2.24) is 50.7 Å². The van der Waals surface area contributed by atoms with E-state index < -0.39 is 90.5 Å². The van der Waals surface area contributed by atoms with E-state index in [2.05, 4.69) is 52.3 Å². The lowest BCUT2D eigenvalue weighted by molar-refractivity contribution is -0.144. The molecule has 1 aromatic heterocycles. The standard InChI is InChI=1S/C62H81F2N12O12PS/c1-61(2,3)39-12-10-37(11-13-39)32-46(59(84)74-30-28-72(29-31-74)24-7-23-66-44-9-6-8-42-43(44)35-75(58(42)83)48-18-21-53(78)70-55(48)80)68-54(79)45(16-20-52(65)77)67-56(81)49-17-15-41-22-25-73(27-26-71(4)5)36-47(60(85)76(41)49)69-57(82)51-34-38-33-40(14-19-50(38)90-51)62(63,64)89(86,87)88/h6,8-14,19,33-34,41,45-49,66H,7,15-18,20-32,35-36H2,1-5H3,(H2,65,77)(H,67,81)(H,68,79)(H,69,82)(H,70,78,80)(H2,86,87,88)/t41-,45+,46+,47+,48?,49+/m1/s1. The van der Waals surface area contributed by atoms with Crippen LogP contribution in [0.1, 0.15) is 114 Å². The van der Waals surface area contributed by atoms with E-state index in [4.69, 9.17) is 5.73 Å². The summed E-state index contributed by atoms with van der Waals surface area (Å²) in [5.74, 6) is -4.89. The fourth-order valence-electron chi connectivity index (χ4n) is 12.4. The van der Waals surface area contributed by atoms with Crippen molar-refractivity contribution < 1.29 is 66.3 Å². The summed E-state index contributed by atoms with van der Waals surface area (Å²) in [6, 6.07) is 11.5. The van der Waals surface area contributed by atoms with Crippen LogP contribution in [0.3, 0.4) is 0 Å². The zero-order valence-electron chi connectivity index (χ0n) is 51.3. The van der Waals surface area contributed by atoms with Crippen molar-refractivity contribution in [2.75, 3.05) is 84.9 Å². The second kappa shape index (κ2) is 28.1. The van der Waals surface area contributed by atoms with Crippen LogP contribution in [0.25, 0.3) is 10.1 Å². The smallest absolute Gasteiger partial charge is 0.385 e. The van der Waals surface area contributed by atoms with Gasteiger partial charge in [-0.2, -0.15) is 8.78 Å². The summed E-state index contributed by atoms with van der Waals surface area (Å²) < 4.78 is 41.5. The Morgan fingerprint density at radius 1 is 0.856 bits per heavy atom. The predicted octanol–water partition coefficient (Wildman–Crippen LogP) is 3.04. The van der Waals surface area contributed by atoms with E-state index in [-0.39, 0.29) is 85.0 Å². The number of imide groups is 1. The zero-order valence-corrected chi connectivity index (χ0v) is 53.0. The minimum atomic E-state index is -5.89. The van der Waals surface area contributed by atoms with Crippen molar-refractivity contribution in [2.45, 2.75) is 132 Å². The first-order chi connectivity index (χ1) is 42.6. The van der Waals surface area contributed by atoms with Gasteiger partial charge >= 0.3 is 13.3 Å². The lowest BCUT2D eigenvalue weighted by Gasteiger charge is -2.39. The van der Waals surface area contributed by atoms with Gasteiger partial charge in [0.05, 0.1) is 4.88 Å². The maximum atomic E-state index is 15.0. The van der Waals surface area contributed by atoms with Gasteiger partial charge in [0.1, 0.15) is 30.2 Å². The van der Waals surface area contributed by atoms with Gasteiger partial charge in [-0.3, -0.25) is 62.8 Å². The summed E-state index contributed by atoms with van der Waals surface area (Å²) in [5, 5.41) is 14.5. The molecule has 5 aliphatic rings. The lowest BCUT2D eigenvalue weighted by Crippen LogP contribution is -2.62. The number of likely N-dealkylation sites (N-methyl/N-ethyl adjacent to an activating group) is 1. The Labute approximate surface area is 525 Å². The molecule has 0 aliphatic carbocycles. The van der Waals surface area contributed by atoms with Gasteiger partial charge in [-0.25, -0.2) is 0 Å². The number of primary amides is 1. The predicted molar refractivity (Wildman–Crippen MR) is 332 cm³/mol. The summed E-state index contributed by atoms with van der Waals surface area (Å²) in [4.78, 5) is 153. The normalized spacial score (nSPS) is 21.1. The summed E-state index contributed by atoms with van der Waals surface area (Å²) >= 11 is 0.932. The Morgan fingerprint density at radius 3 is 2.26 bits per heavy atom. The summed E-state index contributed by atoms with van der Waals surface area (Å²) in [6.45, 7) is 11.2. The molecule has 0 spiro atoms. The molecule has 6 heterocycles. The Hall–Kier alpha value is -7.26. The zero-order chi connectivity index (χ0) is 65.0. The van der Waals surface area contributed by atoms with Crippen molar-refractivity contribution in [3.63, 3.8) is 0 Å². The number of alkyl halides is 2. The first-order valence-electron chi connectivity index (χ1n) is 30.5. The minimum Gasteiger partial charge on any atom is -0.385 e. The molecular formula is C62H81F2N12O12PS. The maximum absolute atomic E-state index is 15.0. The average Bonchev–Trinajstić information content (AvgIpc) is 1.88. The lowest BCUT2D eigenvalue weighted by atomic mass is 9.86. The number of carbonyl (C=O) groups excluding carboxylic acids is 9. The highest BCUT2D eigenvalue weighted by atomic mass is 32.1. The third-order valence-electron chi connectivity index (χ3n) is 17.6. The number of rotatable bonds is 23. The third kappa shape index (κ3) is 15.7. The van der Waals surface area contributed by atoms with Crippen LogP contribution < -0.4 is 32.3 Å². The number of benzene rings is 3. The minimum absolute atomic E-state index is 0.0332. The number of anilines is 1. The van der Waals surface area contributed by atoms with Crippen molar-refractivity contribution in [3.8, 4) is 0 Å². The fourth-order valence-corrected chi connectivity index (χ4v) is 13.9. The molecule has 9 amide bonds. The van der Waals surface area contributed by atoms with E-state index in [1.807, 2.05) is 54.2 Å². The largest absolute Gasteiger partial charge is 0.399 e. The Kier molecular flexibility index (Phi) is 21.0. The fraction of sp³-hybridized carbons (Fsp3) is 0.532. The molecule has 28 heteroatoms. The molecule has 4 aromatic rings. The second-order valence-corrected chi connectivity index (χ2v) is 28.1. The molecule has 90 heavy (non-hydrogen) atoms. The number of halogens is 2. The van der Waals surface area contributed by atoms with Crippen LogP contribution in [0.2, 0.25) is 0 Å². The van der Waals surface area contributed by atoms with E-state index in [1.54, 1.807) is 17.0 Å². The van der Waals surface area contributed by atoms with Crippen LogP contribution in [0.4, 0.5) is 14.5 Å². The number of nitrogens with zero attached hydrogens (tertiary/aromatic N) is 6. The second-order valence-electron chi connectivity index (χ2n) is 25.3. The number of amides is 9. The molecule has 1 unspecified atom stereocenters. The van der Waals surface area contributed by atoms with E-state index in [1.165, 1.54) is 21.9 Å². The molecule has 6 atom stereocenters. The van der Waals surface area contributed by atoms with Gasteiger partial charge in [0.25, 0.3) is 11.8 Å². The molecule has 486 valence electrons. The molecule has 4 saturated heterocycles. The van der Waals surface area contributed by atoms with Gasteiger partial charge in [-0.1, -0.05) is 57.2 Å². The molecule has 9 rings (SSSR count). The highest BCUT2D eigenvalue weighted by Crippen LogP contribution is 2.59. The molecule has 9 N–H and O–H groups in total. The number of piperazine rings is 1. The molecule has 4 fully saturated rings. The molecular weight excluding hydrogens is 1210 g/mol. The van der Waals surface area contributed by atoms with Gasteiger partial charge in [0, 0.05) is 118 Å². The van der Waals surface area contributed by atoms with Crippen LogP contribution in [0.5, 0.6) is 0 Å². The average molecular weight is 1290 g/mol. The SMILES string of the molecule is CN(C)CCN1CC[C@H]2CC[C@@H](C(=O)N[C@@H](CCC(N)=O)C(=O)N[C@@H](Cc3ccc(C(C)(C)C)cc3)C(=O)N3CCN(CCCNc4cccc5c4CN(C4CCC(=O)NC4=O)C5=O)CC3)N2C(=O)[C@@H](NC(=O)c2cc3cc(C(F)(F)P(=O)(O)O)ccc3s2)C1. The molecule has 0 bridgehead atoms. The monoisotopic (exact) mass is 1290 g/mol. The van der Waals surface area contributed by atoms with Gasteiger partial charge in [0.2, 0.25) is 41.4 Å². The van der Waals surface area contributed by atoms with Crippen molar-refractivity contribution >= 4 is 87.9 Å². The van der Waals surface area contributed by atoms with E-state index >= 15 is 0 Å². The van der Waals surface area contributed by atoms with Gasteiger partial charge < -0.3 is 56.4 Å². The topological polar surface area (TPSA) is 317 Å². The van der Waals surface area contributed by atoms with E-state index in [9.17, 15) is 66.3 Å². The molecule has 0 saturated carbocycles. The van der Waals surface area contributed by atoms with Crippen LogP contribution in [-0.2, 0) is 62.2 Å². The number of carbonyl (C=O) groups is 9. The number of thiophene rings is 1. The number of fused-ring (bicyclic) bond motifs is 3. The maximum Gasteiger partial charge on any atom is 0.399 e. The van der Waals surface area contributed by atoms with Crippen molar-refractivity contribution in [2.24, 2.45) is 5.73 Å². The van der Waals surface area contributed by atoms with Crippen molar-refractivity contribution in [3.05, 3.63) is 99.4 Å². The van der Waals surface area contributed by atoms with Gasteiger partial charge in [-0.15, -0.1) is 11.3 Å². The Morgan fingerprint density at radius 2 is 1.58 bits per heavy atom. The number of nitrogens with one attached hydrogen (secondary N) is 5. The van der Waals surface area contributed by atoms with Crippen LogP contribution in [-0.4, -0.2) is 208 Å². The molecule has 24 nitrogen and oxygen atoms in total. The summed E-state index contributed by atoms with van der Waals surface area (Å²) in [7, 11) is -2.08. The number of nitrogens with two attached hydrogens (primary N) is 1. The third-order valence-corrected chi connectivity index (χ3v) is 19.7. The summed E-state index contributed by atoms with van der Waals surface area (Å²) in [6.07, 6.45) is 1.79. The van der Waals surface area contributed by atoms with Gasteiger partial charge in [-0.05, 0) is 111 Å². The summed E-state index contributed by atoms with van der Waals surface area (Å²) in [5.41, 5.74) is 3.97. The Bertz CT molecular complexity index is 3440.